The van der Waals surface area contributed by atoms with Gasteiger partial charge < -0.3 is 14.2 Å². The molecule has 0 aliphatic heterocycles. The molecule has 0 saturated heterocycles. The molecule has 0 amide bonds. The van der Waals surface area contributed by atoms with Crippen molar-refractivity contribution in [3.63, 3.8) is 0 Å². The zero-order valence-corrected chi connectivity index (χ0v) is 55.1. The summed E-state index contributed by atoms with van der Waals surface area (Å²) in [5.41, 5.74) is 0. The Kier molecular flexibility index (Phi) is 68.5. The van der Waals surface area contributed by atoms with Crippen LogP contribution < -0.4 is 0 Å². The van der Waals surface area contributed by atoms with E-state index >= 15 is 0 Å². The first-order chi connectivity index (χ1) is 40.0. The summed E-state index contributed by atoms with van der Waals surface area (Å²) in [5.74, 6) is -0.855. The molecule has 81 heavy (non-hydrogen) atoms. The lowest BCUT2D eigenvalue weighted by Gasteiger charge is -2.18. The van der Waals surface area contributed by atoms with Gasteiger partial charge in [0.1, 0.15) is 13.2 Å². The Labute approximate surface area is 506 Å². The number of esters is 3. The van der Waals surface area contributed by atoms with Crippen LogP contribution in [0.3, 0.4) is 0 Å². The second-order valence-corrected chi connectivity index (χ2v) is 25.2. The molecule has 0 saturated carbocycles. The summed E-state index contributed by atoms with van der Waals surface area (Å²) in [4.78, 5) is 38.4. The first-order valence-corrected chi connectivity index (χ1v) is 36.8. The predicted octanol–water partition coefficient (Wildman–Crippen LogP) is 25.3. The molecule has 0 heterocycles. The van der Waals surface area contributed by atoms with Gasteiger partial charge in [-0.1, -0.05) is 353 Å². The Bertz CT molecular complexity index is 1310. The van der Waals surface area contributed by atoms with E-state index in [0.717, 1.165) is 64.2 Å². The van der Waals surface area contributed by atoms with Crippen molar-refractivity contribution in [1.29, 1.82) is 0 Å². The minimum absolute atomic E-state index is 0.0705. The molecule has 0 radical (unpaired) electrons. The number of ether oxygens (including phenoxy) is 3. The smallest absolute Gasteiger partial charge is 0.306 e. The molecule has 0 aromatic carbocycles. The summed E-state index contributed by atoms with van der Waals surface area (Å²) in [6.07, 6.45) is 86.7. The van der Waals surface area contributed by atoms with Crippen molar-refractivity contribution < 1.29 is 28.6 Å². The Morgan fingerprint density at radius 3 is 0.630 bits per heavy atom. The number of allylic oxidation sites excluding steroid dienone is 4. The van der Waals surface area contributed by atoms with E-state index < -0.39 is 6.10 Å². The summed E-state index contributed by atoms with van der Waals surface area (Å²) in [6, 6.07) is 0. The van der Waals surface area contributed by atoms with Crippen LogP contribution >= 0.6 is 0 Å². The van der Waals surface area contributed by atoms with Crippen LogP contribution in [0.2, 0.25) is 0 Å². The standard InChI is InChI=1S/C75H142O6/c1-4-7-10-13-16-19-22-25-27-29-30-31-32-33-34-35-36-37-38-39-40-41-42-43-44-46-47-50-53-56-59-62-65-68-74(77)80-71-72(70-79-73(76)67-64-61-58-55-52-49-24-21-18-15-12-9-6-3)81-75(78)69-66-63-60-57-54-51-48-45-28-26-23-20-17-14-11-8-5-2/h21,24,26,28,72H,4-20,22-23,25,27,29-71H2,1-3H3/b24-21-,28-26-. The summed E-state index contributed by atoms with van der Waals surface area (Å²) in [6.45, 7) is 6.69. The normalized spacial score (nSPS) is 12.1. The molecular weight excluding hydrogens is 997 g/mol. The number of hydrogen-bond donors (Lipinski definition) is 0. The van der Waals surface area contributed by atoms with Crippen molar-refractivity contribution in [2.75, 3.05) is 13.2 Å². The maximum absolute atomic E-state index is 12.9. The van der Waals surface area contributed by atoms with Gasteiger partial charge in [0.2, 0.25) is 0 Å². The monoisotopic (exact) mass is 1140 g/mol. The molecule has 6 heteroatoms. The largest absolute Gasteiger partial charge is 0.462 e. The van der Waals surface area contributed by atoms with E-state index in [-0.39, 0.29) is 31.1 Å². The highest BCUT2D eigenvalue weighted by molar-refractivity contribution is 5.71. The van der Waals surface area contributed by atoms with Gasteiger partial charge >= 0.3 is 17.9 Å². The van der Waals surface area contributed by atoms with Crippen molar-refractivity contribution in [2.24, 2.45) is 0 Å². The van der Waals surface area contributed by atoms with Gasteiger partial charge in [0.25, 0.3) is 0 Å². The fraction of sp³-hybridized carbons (Fsp3) is 0.907. The van der Waals surface area contributed by atoms with Gasteiger partial charge in [-0.25, -0.2) is 0 Å². The molecule has 0 N–H and O–H groups in total. The van der Waals surface area contributed by atoms with Crippen LogP contribution in [0.5, 0.6) is 0 Å². The molecule has 0 bridgehead atoms. The van der Waals surface area contributed by atoms with E-state index in [1.807, 2.05) is 0 Å². The minimum atomic E-state index is -0.775. The quantitative estimate of drug-likeness (QED) is 0.0261. The number of rotatable bonds is 69. The van der Waals surface area contributed by atoms with Gasteiger partial charge in [0.05, 0.1) is 0 Å². The summed E-state index contributed by atoms with van der Waals surface area (Å²) in [5, 5.41) is 0. The fourth-order valence-corrected chi connectivity index (χ4v) is 11.4. The Morgan fingerprint density at radius 1 is 0.235 bits per heavy atom. The van der Waals surface area contributed by atoms with Crippen molar-refractivity contribution >= 4 is 17.9 Å². The molecule has 0 aliphatic rings. The average molecular weight is 1140 g/mol. The fourth-order valence-electron chi connectivity index (χ4n) is 11.4. The molecule has 0 aromatic rings. The Morgan fingerprint density at radius 2 is 0.407 bits per heavy atom. The third-order valence-corrected chi connectivity index (χ3v) is 16.9. The van der Waals surface area contributed by atoms with Crippen LogP contribution in [0, 0.1) is 0 Å². The highest BCUT2D eigenvalue weighted by atomic mass is 16.6. The van der Waals surface area contributed by atoms with Crippen LogP contribution in [0.1, 0.15) is 419 Å². The molecule has 0 spiro atoms. The molecule has 0 rings (SSSR count). The lowest BCUT2D eigenvalue weighted by molar-refractivity contribution is -0.167. The maximum Gasteiger partial charge on any atom is 0.306 e. The second kappa shape index (κ2) is 70.4. The van der Waals surface area contributed by atoms with Crippen molar-refractivity contribution in [3.05, 3.63) is 24.3 Å². The lowest BCUT2D eigenvalue weighted by Crippen LogP contribution is -2.30. The van der Waals surface area contributed by atoms with E-state index in [4.69, 9.17) is 14.2 Å². The van der Waals surface area contributed by atoms with Crippen LogP contribution in [0.25, 0.3) is 0 Å². The lowest BCUT2D eigenvalue weighted by atomic mass is 10.0. The van der Waals surface area contributed by atoms with Crippen molar-refractivity contribution in [2.45, 2.75) is 425 Å². The van der Waals surface area contributed by atoms with Crippen LogP contribution in [0.4, 0.5) is 0 Å². The first-order valence-electron chi connectivity index (χ1n) is 36.8. The maximum atomic E-state index is 12.9. The van der Waals surface area contributed by atoms with Gasteiger partial charge in [-0.3, -0.25) is 14.4 Å². The summed E-state index contributed by atoms with van der Waals surface area (Å²) < 4.78 is 17.0. The number of hydrogen-bond acceptors (Lipinski definition) is 6. The van der Waals surface area contributed by atoms with E-state index in [1.54, 1.807) is 0 Å². The molecule has 0 aromatic heterocycles. The third-order valence-electron chi connectivity index (χ3n) is 16.9. The average Bonchev–Trinajstić information content (AvgIpc) is 3.46. The molecule has 1 unspecified atom stereocenters. The van der Waals surface area contributed by atoms with Crippen molar-refractivity contribution in [3.8, 4) is 0 Å². The van der Waals surface area contributed by atoms with Gasteiger partial charge in [0.15, 0.2) is 6.10 Å². The Balaban J connectivity index is 4.08. The summed E-state index contributed by atoms with van der Waals surface area (Å²) in [7, 11) is 0. The van der Waals surface area contributed by atoms with Gasteiger partial charge in [-0.2, -0.15) is 0 Å². The SMILES string of the molecule is CCCCCC/C=C\CCCCCCCC(=O)OCC(COC(=O)CCCCCCCCCCCCCCCCCCCCCCCCCCCCCCCCCCC)OC(=O)CCCCCCCCC/C=C\CCCCCCCC. The topological polar surface area (TPSA) is 78.9 Å². The molecule has 0 aliphatic carbocycles. The zero-order valence-electron chi connectivity index (χ0n) is 55.1. The summed E-state index contributed by atoms with van der Waals surface area (Å²) >= 11 is 0. The molecular formula is C75H142O6. The zero-order chi connectivity index (χ0) is 58.5. The van der Waals surface area contributed by atoms with Gasteiger partial charge in [0, 0.05) is 19.3 Å². The van der Waals surface area contributed by atoms with Crippen LogP contribution in [0.15, 0.2) is 24.3 Å². The molecule has 1 atom stereocenters. The Hall–Kier alpha value is -2.11. The molecule has 6 nitrogen and oxygen atoms in total. The molecule has 0 fully saturated rings. The molecule has 478 valence electrons. The van der Waals surface area contributed by atoms with Crippen LogP contribution in [-0.2, 0) is 28.6 Å². The van der Waals surface area contributed by atoms with E-state index in [0.29, 0.717) is 19.3 Å². The number of unbranched alkanes of at least 4 members (excludes halogenated alkanes) is 54. The number of carbonyl (C=O) groups excluding carboxylic acids is 3. The first kappa shape index (κ1) is 78.9. The van der Waals surface area contributed by atoms with E-state index in [1.165, 1.54) is 315 Å². The minimum Gasteiger partial charge on any atom is -0.462 e. The van der Waals surface area contributed by atoms with Crippen LogP contribution in [-0.4, -0.2) is 37.2 Å². The highest BCUT2D eigenvalue weighted by Crippen LogP contribution is 2.19. The van der Waals surface area contributed by atoms with Gasteiger partial charge in [-0.15, -0.1) is 0 Å². The predicted molar refractivity (Wildman–Crippen MR) is 353 cm³/mol. The van der Waals surface area contributed by atoms with E-state index in [9.17, 15) is 14.4 Å². The van der Waals surface area contributed by atoms with E-state index in [2.05, 4.69) is 45.1 Å². The van der Waals surface area contributed by atoms with Gasteiger partial charge in [-0.05, 0) is 70.6 Å². The highest BCUT2D eigenvalue weighted by Gasteiger charge is 2.19. The third kappa shape index (κ3) is 68.6. The number of carbonyl (C=O) groups is 3. The second-order valence-electron chi connectivity index (χ2n) is 25.2. The van der Waals surface area contributed by atoms with Crippen molar-refractivity contribution in [1.82, 2.24) is 0 Å².